The van der Waals surface area contributed by atoms with E-state index in [2.05, 4.69) is 40.0 Å². The van der Waals surface area contributed by atoms with Crippen molar-refractivity contribution in [1.29, 1.82) is 0 Å². The van der Waals surface area contributed by atoms with Crippen LogP contribution in [0.25, 0.3) is 11.1 Å². The molecule has 2 atom stereocenters. The van der Waals surface area contributed by atoms with Crippen molar-refractivity contribution in [3.8, 4) is 11.1 Å². The zero-order valence-corrected chi connectivity index (χ0v) is 20.1. The number of pyridine rings is 1. The number of ether oxygens (including phenoxy) is 2. The molecule has 7 nitrogen and oxygen atoms in total. The lowest BCUT2D eigenvalue weighted by Gasteiger charge is -2.34. The summed E-state index contributed by atoms with van der Waals surface area (Å²) in [6, 6.07) is 10.2. The number of hydrogen-bond donors (Lipinski definition) is 3. The van der Waals surface area contributed by atoms with Crippen LogP contribution in [0.4, 0.5) is 11.5 Å². The molecule has 1 aromatic carbocycles. The van der Waals surface area contributed by atoms with E-state index in [9.17, 15) is 4.79 Å². The van der Waals surface area contributed by atoms with Crippen molar-refractivity contribution < 1.29 is 14.3 Å². The second-order valence-electron chi connectivity index (χ2n) is 9.39. The molecule has 2 aliphatic heterocycles. The van der Waals surface area contributed by atoms with Crippen LogP contribution in [-0.4, -0.2) is 57.0 Å². The smallest absolute Gasteiger partial charge is 0.229 e. The number of anilines is 2. The summed E-state index contributed by atoms with van der Waals surface area (Å²) < 4.78 is 10.7. The first kappa shape index (κ1) is 24.0. The lowest BCUT2D eigenvalue weighted by atomic mass is 9.82. The van der Waals surface area contributed by atoms with Gasteiger partial charge in [0, 0.05) is 56.9 Å². The molecule has 2 saturated heterocycles. The molecule has 1 aromatic heterocycles. The van der Waals surface area contributed by atoms with Crippen molar-refractivity contribution in [1.82, 2.24) is 10.3 Å². The maximum atomic E-state index is 12.7. The van der Waals surface area contributed by atoms with Gasteiger partial charge in [0.25, 0.3) is 0 Å². The van der Waals surface area contributed by atoms with Crippen molar-refractivity contribution >= 4 is 29.0 Å². The second kappa shape index (κ2) is 10.8. The lowest BCUT2D eigenvalue weighted by Crippen LogP contribution is -2.33. The Morgan fingerprint density at radius 2 is 2.15 bits per heavy atom. The number of hydrogen-bond acceptors (Lipinski definition) is 6. The van der Waals surface area contributed by atoms with E-state index in [-0.39, 0.29) is 23.3 Å². The molecule has 33 heavy (non-hydrogen) atoms. The first-order valence-electron chi connectivity index (χ1n) is 11.6. The minimum atomic E-state index is -0.106. The van der Waals surface area contributed by atoms with Crippen LogP contribution in [0.3, 0.4) is 0 Å². The van der Waals surface area contributed by atoms with Gasteiger partial charge in [-0.1, -0.05) is 30.7 Å². The van der Waals surface area contributed by atoms with Crippen LogP contribution in [0.5, 0.6) is 0 Å². The largest absolute Gasteiger partial charge is 0.384 e. The third-order valence-electron chi connectivity index (χ3n) is 6.66. The Kier molecular flexibility index (Phi) is 7.86. The Morgan fingerprint density at radius 3 is 2.94 bits per heavy atom. The Labute approximate surface area is 200 Å². The highest BCUT2D eigenvalue weighted by atomic mass is 35.5. The van der Waals surface area contributed by atoms with Gasteiger partial charge in [0.1, 0.15) is 5.82 Å². The Bertz CT molecular complexity index is 964. The van der Waals surface area contributed by atoms with Crippen molar-refractivity contribution in [3.05, 3.63) is 41.6 Å². The lowest BCUT2D eigenvalue weighted by molar-refractivity contribution is -0.119. The number of nitrogens with one attached hydrogen (secondary N) is 3. The summed E-state index contributed by atoms with van der Waals surface area (Å²) in [6.45, 7) is 6.08. The molecule has 4 rings (SSSR count). The van der Waals surface area contributed by atoms with Crippen molar-refractivity contribution in [3.63, 3.8) is 0 Å². The van der Waals surface area contributed by atoms with E-state index in [0.717, 1.165) is 55.8 Å². The standard InChI is InChI=1S/C25H33ClN4O3/c1-25(6-8-33-9-7-25)16-29-19-5-3-4-17(10-19)21-12-23(28-14-22(21)26)30-24(31)18-11-20(15-32-2)27-13-18/h3-5,10,12,14,18,20,27,29H,6-9,11,13,15-16H2,1-2H3,(H,28,30,31)/t18-,20-/m1/s1. The van der Waals surface area contributed by atoms with Gasteiger partial charge in [-0.25, -0.2) is 4.98 Å². The zero-order valence-electron chi connectivity index (χ0n) is 19.3. The van der Waals surface area contributed by atoms with Crippen molar-refractivity contribution in [2.75, 3.05) is 50.7 Å². The SMILES string of the molecule is COC[C@H]1C[C@@H](C(=O)Nc2cc(-c3cccc(NCC4(C)CCOCC4)c3)c(Cl)cn2)CN1. The third kappa shape index (κ3) is 6.23. The molecule has 2 fully saturated rings. The van der Waals surface area contributed by atoms with Crippen LogP contribution in [-0.2, 0) is 14.3 Å². The highest BCUT2D eigenvalue weighted by Gasteiger charge is 2.30. The summed E-state index contributed by atoms with van der Waals surface area (Å²) >= 11 is 6.49. The number of amides is 1. The van der Waals surface area contributed by atoms with E-state index in [1.807, 2.05) is 18.2 Å². The zero-order chi connectivity index (χ0) is 23.3. The predicted octanol–water partition coefficient (Wildman–Crippen LogP) is 4.19. The van der Waals surface area contributed by atoms with Crippen molar-refractivity contribution in [2.24, 2.45) is 11.3 Å². The average Bonchev–Trinajstić information content (AvgIpc) is 3.29. The number of rotatable bonds is 8. The van der Waals surface area contributed by atoms with Crippen LogP contribution < -0.4 is 16.0 Å². The topological polar surface area (TPSA) is 84.5 Å². The second-order valence-corrected chi connectivity index (χ2v) is 9.80. The number of methoxy groups -OCH3 is 1. The summed E-state index contributed by atoms with van der Waals surface area (Å²) in [5, 5.41) is 10.4. The van der Waals surface area contributed by atoms with E-state index < -0.39 is 0 Å². The van der Waals surface area contributed by atoms with Gasteiger partial charge >= 0.3 is 0 Å². The summed E-state index contributed by atoms with van der Waals surface area (Å²) in [4.78, 5) is 17.1. The van der Waals surface area contributed by atoms with Gasteiger partial charge in [-0.15, -0.1) is 0 Å². The first-order valence-corrected chi connectivity index (χ1v) is 11.9. The minimum absolute atomic E-state index is 0.0398. The molecule has 0 saturated carbocycles. The van der Waals surface area contributed by atoms with E-state index in [1.165, 1.54) is 0 Å². The van der Waals surface area contributed by atoms with Gasteiger partial charge in [-0.2, -0.15) is 0 Å². The molecule has 2 aromatic rings. The maximum absolute atomic E-state index is 12.7. The number of carbonyl (C=O) groups excluding carboxylic acids is 1. The number of aromatic nitrogens is 1. The fourth-order valence-electron chi connectivity index (χ4n) is 4.46. The highest BCUT2D eigenvalue weighted by Crippen LogP contribution is 2.33. The monoisotopic (exact) mass is 472 g/mol. The molecular formula is C25H33ClN4O3. The molecule has 3 N–H and O–H groups in total. The molecule has 0 bridgehead atoms. The van der Waals surface area contributed by atoms with Crippen molar-refractivity contribution in [2.45, 2.75) is 32.2 Å². The van der Waals surface area contributed by atoms with E-state index in [4.69, 9.17) is 21.1 Å². The predicted molar refractivity (Wildman–Crippen MR) is 132 cm³/mol. The van der Waals surface area contributed by atoms with Gasteiger partial charge in [0.05, 0.1) is 17.5 Å². The third-order valence-corrected chi connectivity index (χ3v) is 6.96. The molecule has 1 amide bonds. The van der Waals surface area contributed by atoms with Crippen LogP contribution in [0.2, 0.25) is 5.02 Å². The molecule has 0 radical (unpaired) electrons. The average molecular weight is 473 g/mol. The summed E-state index contributed by atoms with van der Waals surface area (Å²) in [5.74, 6) is 0.356. The van der Waals surface area contributed by atoms with Crippen LogP contribution in [0.1, 0.15) is 26.2 Å². The molecule has 178 valence electrons. The summed E-state index contributed by atoms with van der Waals surface area (Å²) in [7, 11) is 1.67. The maximum Gasteiger partial charge on any atom is 0.229 e. The van der Waals surface area contributed by atoms with Gasteiger partial charge in [-0.05, 0) is 48.4 Å². The molecule has 0 spiro atoms. The number of nitrogens with zero attached hydrogens (tertiary/aromatic N) is 1. The number of carbonyl (C=O) groups is 1. The van der Waals surface area contributed by atoms with E-state index >= 15 is 0 Å². The summed E-state index contributed by atoms with van der Waals surface area (Å²) in [6.07, 6.45) is 4.46. The molecule has 0 aliphatic carbocycles. The van der Waals surface area contributed by atoms with E-state index in [0.29, 0.717) is 24.0 Å². The quantitative estimate of drug-likeness (QED) is 0.534. The first-order chi connectivity index (χ1) is 16.0. The van der Waals surface area contributed by atoms with Crippen LogP contribution in [0, 0.1) is 11.3 Å². The fourth-order valence-corrected chi connectivity index (χ4v) is 4.67. The molecule has 2 aliphatic rings. The van der Waals surface area contributed by atoms with Gasteiger partial charge in [0.2, 0.25) is 5.91 Å². The molecule has 0 unspecified atom stereocenters. The van der Waals surface area contributed by atoms with Crippen LogP contribution in [0.15, 0.2) is 36.5 Å². The highest BCUT2D eigenvalue weighted by molar-refractivity contribution is 6.33. The summed E-state index contributed by atoms with van der Waals surface area (Å²) in [5.41, 5.74) is 3.09. The molecule has 3 heterocycles. The fraction of sp³-hybridized carbons (Fsp3) is 0.520. The number of halogens is 1. The Balaban J connectivity index is 1.43. The van der Waals surface area contributed by atoms with Gasteiger partial charge in [0.15, 0.2) is 0 Å². The minimum Gasteiger partial charge on any atom is -0.384 e. The van der Waals surface area contributed by atoms with E-state index in [1.54, 1.807) is 13.3 Å². The molecule has 8 heteroatoms. The van der Waals surface area contributed by atoms with Crippen LogP contribution >= 0.6 is 11.6 Å². The normalized spacial score (nSPS) is 22.2. The van der Waals surface area contributed by atoms with Gasteiger partial charge in [-0.3, -0.25) is 4.79 Å². The number of benzene rings is 1. The Morgan fingerprint density at radius 1 is 1.33 bits per heavy atom. The molecular weight excluding hydrogens is 440 g/mol. The Hall–Kier alpha value is -2.19. The van der Waals surface area contributed by atoms with Gasteiger partial charge < -0.3 is 25.4 Å².